The van der Waals surface area contributed by atoms with E-state index in [-0.39, 0.29) is 23.6 Å². The van der Waals surface area contributed by atoms with E-state index in [0.29, 0.717) is 24.7 Å². The van der Waals surface area contributed by atoms with Gasteiger partial charge in [0.1, 0.15) is 11.4 Å². The Hall–Kier alpha value is -3.05. The number of carbonyl (C=O) groups excluding carboxylic acids is 2. The Bertz CT molecular complexity index is 1170. The van der Waals surface area contributed by atoms with Crippen molar-refractivity contribution in [1.29, 1.82) is 0 Å². The van der Waals surface area contributed by atoms with Crippen LogP contribution in [0.4, 0.5) is 10.6 Å². The zero-order valence-electron chi connectivity index (χ0n) is 20.6. The molecule has 2 amide bonds. The standard InChI is InChI=1S/C24H32N6O3S2/c1-15(2)29(23(32)33-24(3,4)5)12-9-13-30-19(25)18(20(26)31)28-21(30)35-22-27-17(14-34-22)16-10-7-6-8-11-16/h6-8,10-11,14-15H,9,12-13,25H2,1-5H3,(H2,26,31). The van der Waals surface area contributed by atoms with Gasteiger partial charge in [0.05, 0.1) is 5.69 Å². The number of primary amides is 1. The van der Waals surface area contributed by atoms with Crippen molar-refractivity contribution in [3.8, 4) is 11.3 Å². The van der Waals surface area contributed by atoms with E-state index in [4.69, 9.17) is 21.2 Å². The molecule has 0 radical (unpaired) electrons. The Kier molecular flexibility index (Phi) is 8.44. The number of anilines is 1. The van der Waals surface area contributed by atoms with Gasteiger partial charge in [-0.05, 0) is 52.8 Å². The quantitative estimate of drug-likeness (QED) is 0.415. The molecule has 0 saturated carbocycles. The Morgan fingerprint density at radius 2 is 1.89 bits per heavy atom. The highest BCUT2D eigenvalue weighted by Crippen LogP contribution is 2.34. The molecule has 0 bridgehead atoms. The van der Waals surface area contributed by atoms with Gasteiger partial charge < -0.3 is 25.7 Å². The second-order valence-corrected chi connectivity index (χ2v) is 11.3. The maximum Gasteiger partial charge on any atom is 0.410 e. The molecule has 35 heavy (non-hydrogen) atoms. The number of nitrogens with two attached hydrogens (primary N) is 2. The van der Waals surface area contributed by atoms with Crippen molar-refractivity contribution in [3.63, 3.8) is 0 Å². The van der Waals surface area contributed by atoms with Gasteiger partial charge in [-0.3, -0.25) is 4.79 Å². The molecule has 9 nitrogen and oxygen atoms in total. The van der Waals surface area contributed by atoms with Crippen LogP contribution in [0.5, 0.6) is 0 Å². The summed E-state index contributed by atoms with van der Waals surface area (Å²) in [7, 11) is 0. The van der Waals surface area contributed by atoms with E-state index in [1.807, 2.05) is 70.3 Å². The van der Waals surface area contributed by atoms with E-state index < -0.39 is 11.5 Å². The van der Waals surface area contributed by atoms with Gasteiger partial charge in [-0.2, -0.15) is 0 Å². The molecule has 3 aromatic rings. The van der Waals surface area contributed by atoms with Crippen molar-refractivity contribution in [1.82, 2.24) is 19.4 Å². The molecule has 1 aromatic carbocycles. The number of ether oxygens (including phenoxy) is 1. The second-order valence-electron chi connectivity index (χ2n) is 9.23. The highest BCUT2D eigenvalue weighted by Gasteiger charge is 2.25. The van der Waals surface area contributed by atoms with Crippen LogP contribution < -0.4 is 11.5 Å². The third-order valence-electron chi connectivity index (χ3n) is 4.97. The fraction of sp³-hybridized carbons (Fsp3) is 0.417. The van der Waals surface area contributed by atoms with Crippen molar-refractivity contribution >= 4 is 40.9 Å². The van der Waals surface area contributed by atoms with Crippen molar-refractivity contribution in [2.75, 3.05) is 12.3 Å². The Labute approximate surface area is 213 Å². The monoisotopic (exact) mass is 516 g/mol. The number of imidazole rings is 1. The Morgan fingerprint density at radius 1 is 1.20 bits per heavy atom. The molecule has 0 aliphatic rings. The molecular formula is C24H32N6O3S2. The molecular weight excluding hydrogens is 484 g/mol. The minimum absolute atomic E-state index is 0.0280. The minimum Gasteiger partial charge on any atom is -0.444 e. The lowest BCUT2D eigenvalue weighted by molar-refractivity contribution is 0.0186. The summed E-state index contributed by atoms with van der Waals surface area (Å²) in [6.07, 6.45) is 0.214. The number of benzene rings is 1. The maximum atomic E-state index is 12.6. The van der Waals surface area contributed by atoms with E-state index in [9.17, 15) is 9.59 Å². The van der Waals surface area contributed by atoms with Crippen LogP contribution in [0.15, 0.2) is 45.2 Å². The molecule has 2 aromatic heterocycles. The van der Waals surface area contributed by atoms with Gasteiger partial charge in [-0.1, -0.05) is 30.3 Å². The van der Waals surface area contributed by atoms with Gasteiger partial charge in [0.2, 0.25) is 0 Å². The van der Waals surface area contributed by atoms with E-state index >= 15 is 0 Å². The van der Waals surface area contributed by atoms with Crippen LogP contribution in [0.3, 0.4) is 0 Å². The average Bonchev–Trinajstić information content (AvgIpc) is 3.35. The number of hydrogen-bond donors (Lipinski definition) is 2. The zero-order valence-corrected chi connectivity index (χ0v) is 22.3. The van der Waals surface area contributed by atoms with E-state index in [1.54, 1.807) is 9.47 Å². The average molecular weight is 517 g/mol. The minimum atomic E-state index is -0.690. The first-order valence-electron chi connectivity index (χ1n) is 11.3. The fourth-order valence-corrected chi connectivity index (χ4v) is 5.17. The Morgan fingerprint density at radius 3 is 2.49 bits per heavy atom. The first-order chi connectivity index (χ1) is 16.5. The number of rotatable bonds is 9. The van der Waals surface area contributed by atoms with Gasteiger partial charge in [0.25, 0.3) is 5.91 Å². The summed E-state index contributed by atoms with van der Waals surface area (Å²) in [5, 5.41) is 2.50. The van der Waals surface area contributed by atoms with E-state index in [2.05, 4.69) is 4.98 Å². The smallest absolute Gasteiger partial charge is 0.410 e. The van der Waals surface area contributed by atoms with Crippen LogP contribution in [0.25, 0.3) is 11.3 Å². The van der Waals surface area contributed by atoms with E-state index in [1.165, 1.54) is 23.1 Å². The predicted octanol–water partition coefficient (Wildman–Crippen LogP) is 4.87. The lowest BCUT2D eigenvalue weighted by atomic mass is 10.2. The topological polar surface area (TPSA) is 129 Å². The summed E-state index contributed by atoms with van der Waals surface area (Å²) < 4.78 is 8.05. The van der Waals surface area contributed by atoms with Crippen LogP contribution in [-0.2, 0) is 11.3 Å². The van der Waals surface area contributed by atoms with Crippen LogP contribution in [0.2, 0.25) is 0 Å². The molecule has 0 spiro atoms. The summed E-state index contributed by atoms with van der Waals surface area (Å²) in [5.74, 6) is -0.488. The molecule has 0 aliphatic carbocycles. The number of nitrogen functional groups attached to an aromatic ring is 1. The summed E-state index contributed by atoms with van der Waals surface area (Å²) in [5.41, 5.74) is 13.1. The zero-order chi connectivity index (χ0) is 25.8. The molecule has 0 unspecified atom stereocenters. The number of carbonyl (C=O) groups is 2. The first kappa shape index (κ1) is 26.6. The van der Waals surface area contributed by atoms with Gasteiger partial charge in [-0.25, -0.2) is 14.8 Å². The molecule has 2 heterocycles. The summed E-state index contributed by atoms with van der Waals surface area (Å²) >= 11 is 2.81. The van der Waals surface area contributed by atoms with Gasteiger partial charge in [-0.15, -0.1) is 11.3 Å². The molecule has 0 saturated heterocycles. The third kappa shape index (κ3) is 6.98. The van der Waals surface area contributed by atoms with Crippen LogP contribution in [-0.4, -0.2) is 49.6 Å². The van der Waals surface area contributed by atoms with Crippen LogP contribution in [0, 0.1) is 0 Å². The van der Waals surface area contributed by atoms with E-state index in [0.717, 1.165) is 15.6 Å². The predicted molar refractivity (Wildman–Crippen MR) is 140 cm³/mol. The lowest BCUT2D eigenvalue weighted by Gasteiger charge is -2.30. The third-order valence-corrected chi connectivity index (χ3v) is 6.90. The maximum absolute atomic E-state index is 12.6. The van der Waals surface area contributed by atoms with Crippen molar-refractivity contribution in [2.24, 2.45) is 5.73 Å². The number of amides is 2. The van der Waals surface area contributed by atoms with Crippen LogP contribution in [0.1, 0.15) is 51.5 Å². The fourth-order valence-electron chi connectivity index (χ4n) is 3.32. The summed E-state index contributed by atoms with van der Waals surface area (Å²) in [6, 6.07) is 9.85. The molecule has 0 aliphatic heterocycles. The van der Waals surface area contributed by atoms with Crippen LogP contribution >= 0.6 is 23.1 Å². The lowest BCUT2D eigenvalue weighted by Crippen LogP contribution is -2.41. The van der Waals surface area contributed by atoms with Crippen molar-refractivity contribution in [3.05, 3.63) is 41.4 Å². The summed E-state index contributed by atoms with van der Waals surface area (Å²) in [6.45, 7) is 10.3. The molecule has 4 N–H and O–H groups in total. The van der Waals surface area contributed by atoms with Crippen molar-refractivity contribution in [2.45, 2.75) is 68.7 Å². The highest BCUT2D eigenvalue weighted by atomic mass is 32.2. The molecule has 0 fully saturated rings. The SMILES string of the molecule is CC(C)N(CCCn1c(Sc2nc(-c3ccccc3)cs2)nc(C(N)=O)c1N)C(=O)OC(C)(C)C. The van der Waals surface area contributed by atoms with Crippen molar-refractivity contribution < 1.29 is 14.3 Å². The molecule has 3 rings (SSSR count). The number of hydrogen-bond acceptors (Lipinski definition) is 8. The normalized spacial score (nSPS) is 11.6. The second kappa shape index (κ2) is 11.1. The largest absolute Gasteiger partial charge is 0.444 e. The van der Waals surface area contributed by atoms with Gasteiger partial charge in [0.15, 0.2) is 15.2 Å². The number of nitrogens with zero attached hydrogens (tertiary/aromatic N) is 4. The Balaban J connectivity index is 1.77. The highest BCUT2D eigenvalue weighted by molar-refractivity contribution is 8.00. The number of thiazole rings is 1. The summed E-state index contributed by atoms with van der Waals surface area (Å²) in [4.78, 5) is 35.3. The number of aromatic nitrogens is 3. The van der Waals surface area contributed by atoms with Gasteiger partial charge in [0, 0.05) is 30.1 Å². The van der Waals surface area contributed by atoms with Gasteiger partial charge >= 0.3 is 6.09 Å². The molecule has 188 valence electrons. The molecule has 11 heteroatoms. The molecule has 0 atom stereocenters. The first-order valence-corrected chi connectivity index (χ1v) is 13.0.